The van der Waals surface area contributed by atoms with Gasteiger partial charge in [-0.05, 0) is 66.1 Å². The molecule has 3 N–H and O–H groups in total. The number of hydrogen-bond acceptors (Lipinski definition) is 6. The molecule has 0 atom stereocenters. The van der Waals surface area contributed by atoms with E-state index in [-0.39, 0.29) is 5.91 Å². The predicted molar refractivity (Wildman–Crippen MR) is 149 cm³/mol. The Bertz CT molecular complexity index is 1420. The smallest absolute Gasteiger partial charge is 0.265 e. The van der Waals surface area contributed by atoms with E-state index in [1.807, 2.05) is 58.7 Å². The predicted octanol–water partition coefficient (Wildman–Crippen LogP) is 6.98. The van der Waals surface area contributed by atoms with Crippen molar-refractivity contribution in [1.82, 2.24) is 15.0 Å². The maximum atomic E-state index is 12.9. The van der Waals surface area contributed by atoms with Crippen LogP contribution in [0.3, 0.4) is 0 Å². The van der Waals surface area contributed by atoms with E-state index >= 15 is 0 Å². The Morgan fingerprint density at radius 1 is 0.944 bits per heavy atom. The zero-order valence-corrected chi connectivity index (χ0v) is 21.4. The van der Waals surface area contributed by atoms with Gasteiger partial charge in [-0.3, -0.25) is 9.48 Å². The third-order valence-electron chi connectivity index (χ3n) is 5.92. The van der Waals surface area contributed by atoms with Crippen molar-refractivity contribution in [3.05, 3.63) is 94.8 Å². The Balaban J connectivity index is 1.16. The summed E-state index contributed by atoms with van der Waals surface area (Å²) in [6, 6.07) is 24.1. The third kappa shape index (κ3) is 5.90. The van der Waals surface area contributed by atoms with E-state index in [0.29, 0.717) is 16.3 Å². The number of nitrogens with zero attached hydrogens (tertiary/aromatic N) is 3. The lowest BCUT2D eigenvalue weighted by atomic mass is 10.1. The monoisotopic (exact) mass is 513 g/mol. The Hall–Kier alpha value is -3.75. The number of benzene rings is 2. The Morgan fingerprint density at radius 3 is 2.67 bits per heavy atom. The molecule has 0 unspecified atom stereocenters. The number of aromatic nitrogens is 3. The summed E-state index contributed by atoms with van der Waals surface area (Å²) in [5, 5.41) is 13.6. The fraction of sp³-hybridized carbons (Fsp3) is 0.179. The molecule has 36 heavy (non-hydrogen) atoms. The van der Waals surface area contributed by atoms with Gasteiger partial charge in [0.15, 0.2) is 0 Å². The van der Waals surface area contributed by atoms with E-state index < -0.39 is 0 Å². The zero-order valence-electron chi connectivity index (χ0n) is 19.8. The van der Waals surface area contributed by atoms with Gasteiger partial charge in [0.05, 0.1) is 27.3 Å². The van der Waals surface area contributed by atoms with Gasteiger partial charge in [0.1, 0.15) is 5.69 Å². The van der Waals surface area contributed by atoms with E-state index in [9.17, 15) is 4.79 Å². The summed E-state index contributed by atoms with van der Waals surface area (Å²) in [5.41, 5.74) is 10.5. The molecule has 3 aromatic heterocycles. The number of unbranched alkanes of at least 4 members (excludes halogenated alkanes) is 2. The zero-order chi connectivity index (χ0) is 24.7. The molecule has 0 fully saturated rings. The van der Waals surface area contributed by atoms with Crippen molar-refractivity contribution in [3.63, 3.8) is 0 Å². The number of amides is 1. The molecule has 1 amide bonds. The second kappa shape index (κ2) is 11.3. The van der Waals surface area contributed by atoms with Crippen molar-refractivity contribution in [2.24, 2.45) is 0 Å². The molecule has 5 rings (SSSR count). The molecule has 0 spiro atoms. The summed E-state index contributed by atoms with van der Waals surface area (Å²) in [6.45, 7) is 0.834. The molecule has 0 radical (unpaired) electrons. The standard InChI is InChI=1S/C28H27N5OS2/c29-22-13-12-21(25-11-7-17-35-25)18-23(22)30-28(34)27-15-14-26(36-27)24-19-33(32-31-24)16-6-2-5-10-20-8-3-1-4-9-20/h1,3-4,7-9,11-15,17-19H,2,5-6,10,16,29H2,(H,30,34). The molecule has 5 aromatic rings. The molecule has 3 heterocycles. The first-order valence-electron chi connectivity index (χ1n) is 11.9. The quantitative estimate of drug-likeness (QED) is 0.156. The van der Waals surface area contributed by atoms with E-state index in [1.165, 1.54) is 16.9 Å². The lowest BCUT2D eigenvalue weighted by molar-refractivity contribution is 0.103. The van der Waals surface area contributed by atoms with Crippen LogP contribution < -0.4 is 11.1 Å². The normalized spacial score (nSPS) is 11.0. The Labute approximate surface area is 218 Å². The summed E-state index contributed by atoms with van der Waals surface area (Å²) in [6.07, 6.45) is 6.42. The maximum absolute atomic E-state index is 12.9. The van der Waals surface area contributed by atoms with Crippen LogP contribution in [0.4, 0.5) is 11.4 Å². The van der Waals surface area contributed by atoms with Crippen LogP contribution in [0, 0.1) is 0 Å². The minimum absolute atomic E-state index is 0.188. The molecule has 0 aliphatic carbocycles. The van der Waals surface area contributed by atoms with Crippen molar-refractivity contribution >= 4 is 40.0 Å². The first-order chi connectivity index (χ1) is 17.7. The van der Waals surface area contributed by atoms with E-state index in [1.54, 1.807) is 11.3 Å². The number of hydrogen-bond donors (Lipinski definition) is 2. The van der Waals surface area contributed by atoms with E-state index in [4.69, 9.17) is 5.73 Å². The van der Waals surface area contributed by atoms with Crippen LogP contribution >= 0.6 is 22.7 Å². The maximum Gasteiger partial charge on any atom is 0.265 e. The Kier molecular flexibility index (Phi) is 7.54. The number of aryl methyl sites for hydroxylation is 2. The summed E-state index contributed by atoms with van der Waals surface area (Å²) in [7, 11) is 0. The number of rotatable bonds is 10. The fourth-order valence-electron chi connectivity index (χ4n) is 3.99. The topological polar surface area (TPSA) is 85.8 Å². The highest BCUT2D eigenvalue weighted by Crippen LogP contribution is 2.32. The molecule has 0 saturated heterocycles. The minimum Gasteiger partial charge on any atom is -0.397 e. The van der Waals surface area contributed by atoms with Crippen LogP contribution in [0.25, 0.3) is 21.0 Å². The van der Waals surface area contributed by atoms with Gasteiger partial charge in [0.25, 0.3) is 5.91 Å². The lowest BCUT2D eigenvalue weighted by Crippen LogP contribution is -2.11. The van der Waals surface area contributed by atoms with Crippen LogP contribution in [-0.2, 0) is 13.0 Å². The third-order valence-corrected chi connectivity index (χ3v) is 7.95. The van der Waals surface area contributed by atoms with Gasteiger partial charge >= 0.3 is 0 Å². The van der Waals surface area contributed by atoms with Gasteiger partial charge in [0, 0.05) is 11.4 Å². The molecule has 8 heteroatoms. The van der Waals surface area contributed by atoms with Crippen LogP contribution in [-0.4, -0.2) is 20.9 Å². The second-order valence-corrected chi connectivity index (χ2v) is 10.6. The van der Waals surface area contributed by atoms with Gasteiger partial charge in [-0.25, -0.2) is 0 Å². The van der Waals surface area contributed by atoms with E-state index in [2.05, 4.69) is 46.0 Å². The van der Waals surface area contributed by atoms with Crippen LogP contribution in [0.5, 0.6) is 0 Å². The number of nitrogens with two attached hydrogens (primary N) is 1. The molecule has 0 aliphatic heterocycles. The van der Waals surface area contributed by atoms with Crippen LogP contribution in [0.15, 0.2) is 84.4 Å². The number of thiophene rings is 2. The number of carbonyl (C=O) groups is 1. The molecule has 0 aliphatic rings. The highest BCUT2D eigenvalue weighted by Gasteiger charge is 2.14. The first kappa shape index (κ1) is 24.0. The average Bonchev–Trinajstić information content (AvgIpc) is 3.67. The number of nitrogens with one attached hydrogen (secondary N) is 1. The van der Waals surface area contributed by atoms with Gasteiger partial charge in [-0.2, -0.15) is 0 Å². The van der Waals surface area contributed by atoms with Crippen molar-refractivity contribution in [1.29, 1.82) is 0 Å². The lowest BCUT2D eigenvalue weighted by Gasteiger charge is -2.09. The van der Waals surface area contributed by atoms with Gasteiger partial charge < -0.3 is 11.1 Å². The average molecular weight is 514 g/mol. The fourth-order valence-corrected chi connectivity index (χ4v) is 5.56. The molecule has 0 saturated carbocycles. The van der Waals surface area contributed by atoms with Gasteiger partial charge in [-0.15, -0.1) is 27.8 Å². The molecular weight excluding hydrogens is 486 g/mol. The van der Waals surface area contributed by atoms with Crippen molar-refractivity contribution in [3.8, 4) is 21.0 Å². The van der Waals surface area contributed by atoms with Crippen molar-refractivity contribution in [2.75, 3.05) is 11.1 Å². The minimum atomic E-state index is -0.188. The summed E-state index contributed by atoms with van der Waals surface area (Å²) in [4.78, 5) is 15.6. The highest BCUT2D eigenvalue weighted by molar-refractivity contribution is 7.17. The number of anilines is 2. The molecule has 0 bridgehead atoms. The highest BCUT2D eigenvalue weighted by atomic mass is 32.1. The summed E-state index contributed by atoms with van der Waals surface area (Å²) in [5.74, 6) is -0.188. The Morgan fingerprint density at radius 2 is 1.83 bits per heavy atom. The van der Waals surface area contributed by atoms with Crippen molar-refractivity contribution < 1.29 is 4.79 Å². The van der Waals surface area contributed by atoms with Crippen LogP contribution in [0.1, 0.15) is 34.5 Å². The summed E-state index contributed by atoms with van der Waals surface area (Å²) >= 11 is 3.05. The first-order valence-corrected chi connectivity index (χ1v) is 13.6. The number of carbonyl (C=O) groups excluding carboxylic acids is 1. The molecule has 6 nitrogen and oxygen atoms in total. The van der Waals surface area contributed by atoms with Gasteiger partial charge in [-0.1, -0.05) is 54.1 Å². The number of nitrogen functional groups attached to an aromatic ring is 1. The largest absolute Gasteiger partial charge is 0.397 e. The molecule has 182 valence electrons. The molecular formula is C28H27N5OS2. The van der Waals surface area contributed by atoms with Gasteiger partial charge in [0.2, 0.25) is 0 Å². The van der Waals surface area contributed by atoms with Crippen molar-refractivity contribution in [2.45, 2.75) is 32.2 Å². The second-order valence-electron chi connectivity index (χ2n) is 8.56. The van der Waals surface area contributed by atoms with Crippen LogP contribution in [0.2, 0.25) is 0 Å². The van der Waals surface area contributed by atoms with E-state index in [0.717, 1.165) is 53.2 Å². The SMILES string of the molecule is Nc1ccc(-c2cccs2)cc1NC(=O)c1ccc(-c2cn(CCCCCc3ccccc3)nn2)s1. The summed E-state index contributed by atoms with van der Waals surface area (Å²) < 4.78 is 1.88. The molecule has 2 aromatic carbocycles.